The normalized spacial score (nSPS) is 10.6. The van der Waals surface area contributed by atoms with Gasteiger partial charge in [-0.3, -0.25) is 9.59 Å². The van der Waals surface area contributed by atoms with Gasteiger partial charge < -0.3 is 24.4 Å². The number of likely N-dealkylation sites (N-methyl/N-ethyl adjacent to an activating group) is 2. The van der Waals surface area contributed by atoms with Crippen LogP contribution in [0.15, 0.2) is 24.3 Å². The molecule has 8 nitrogen and oxygen atoms in total. The minimum Gasteiger partial charge on any atom is -0.490 e. The maximum atomic E-state index is 12.4. The van der Waals surface area contributed by atoms with Gasteiger partial charge in [-0.05, 0) is 30.7 Å². The number of amides is 2. The van der Waals surface area contributed by atoms with Gasteiger partial charge in [-0.1, -0.05) is 6.07 Å². The quantitative estimate of drug-likeness (QED) is 0.472. The first-order chi connectivity index (χ1) is 13.3. The molecule has 0 aliphatic carbocycles. The molecule has 0 saturated heterocycles. The number of hydrogen-bond acceptors (Lipinski definition) is 6. The fraction of sp³-hybridized carbons (Fsp3) is 0.389. The fourth-order valence-corrected chi connectivity index (χ4v) is 1.93. The Morgan fingerprint density at radius 2 is 1.96 bits per heavy atom. The highest BCUT2D eigenvalue weighted by Crippen LogP contribution is 2.30. The molecule has 0 aromatic heterocycles. The lowest BCUT2D eigenvalue weighted by Crippen LogP contribution is -2.38. The minimum absolute atomic E-state index is 0.101. The van der Waals surface area contributed by atoms with Crippen LogP contribution in [0.2, 0.25) is 0 Å². The molecular weight excluding hydrogens is 378 g/mol. The molecule has 0 atom stereocenters. The summed E-state index contributed by atoms with van der Waals surface area (Å²) in [5.74, 6) is -1.71. The molecule has 10 heteroatoms. The van der Waals surface area contributed by atoms with Crippen LogP contribution in [0, 0.1) is 0 Å². The number of alkyl halides is 2. The fourth-order valence-electron chi connectivity index (χ4n) is 1.93. The summed E-state index contributed by atoms with van der Waals surface area (Å²) in [6.07, 6.45) is 2.44. The van der Waals surface area contributed by atoms with Gasteiger partial charge in [0.05, 0.1) is 13.2 Å². The van der Waals surface area contributed by atoms with Gasteiger partial charge in [0, 0.05) is 20.2 Å². The average molecular weight is 400 g/mol. The largest absolute Gasteiger partial charge is 0.490 e. The molecule has 154 valence electrons. The first kappa shape index (κ1) is 22.9. The third kappa shape index (κ3) is 8.02. The van der Waals surface area contributed by atoms with E-state index >= 15 is 0 Å². The number of benzene rings is 1. The van der Waals surface area contributed by atoms with Crippen molar-refractivity contribution in [2.75, 3.05) is 33.9 Å². The van der Waals surface area contributed by atoms with Crippen molar-refractivity contribution in [1.29, 1.82) is 0 Å². The molecule has 0 aliphatic rings. The molecule has 1 rings (SSSR count). The molecule has 2 amide bonds. The van der Waals surface area contributed by atoms with Crippen LogP contribution in [-0.2, 0) is 19.1 Å². The Balaban J connectivity index is 2.65. The Hall–Kier alpha value is -3.17. The highest BCUT2D eigenvalue weighted by atomic mass is 19.3. The summed E-state index contributed by atoms with van der Waals surface area (Å²) >= 11 is 0. The van der Waals surface area contributed by atoms with E-state index in [9.17, 15) is 23.2 Å². The van der Waals surface area contributed by atoms with Crippen molar-refractivity contribution in [2.45, 2.75) is 13.5 Å². The molecule has 0 radical (unpaired) electrons. The average Bonchev–Trinajstić information content (AvgIpc) is 2.65. The predicted octanol–water partition coefficient (Wildman–Crippen LogP) is 1.45. The van der Waals surface area contributed by atoms with Crippen molar-refractivity contribution in [1.82, 2.24) is 10.2 Å². The lowest BCUT2D eigenvalue weighted by molar-refractivity contribution is -0.148. The first-order valence-corrected chi connectivity index (χ1v) is 8.27. The lowest BCUT2D eigenvalue weighted by Gasteiger charge is -2.15. The van der Waals surface area contributed by atoms with Gasteiger partial charge in [0.2, 0.25) is 5.91 Å². The Kier molecular flexibility index (Phi) is 9.41. The summed E-state index contributed by atoms with van der Waals surface area (Å²) < 4.78 is 39.2. The predicted molar refractivity (Wildman–Crippen MR) is 95.9 cm³/mol. The van der Waals surface area contributed by atoms with Gasteiger partial charge >= 0.3 is 12.6 Å². The summed E-state index contributed by atoms with van der Waals surface area (Å²) in [7, 11) is 2.84. The second kappa shape index (κ2) is 11.5. The molecule has 0 unspecified atom stereocenters. The summed E-state index contributed by atoms with van der Waals surface area (Å²) in [5, 5.41) is 2.37. The van der Waals surface area contributed by atoms with Crippen LogP contribution < -0.4 is 14.8 Å². The SMILES string of the molecule is CCOc1cc(/C=C/C(=O)OCC(=O)N(C)CC(=O)NC)ccc1OC(F)F. The molecule has 1 N–H and O–H groups in total. The number of rotatable bonds is 10. The van der Waals surface area contributed by atoms with E-state index in [0.717, 1.165) is 11.0 Å². The zero-order valence-corrected chi connectivity index (χ0v) is 15.7. The third-order valence-corrected chi connectivity index (χ3v) is 3.32. The lowest BCUT2D eigenvalue weighted by atomic mass is 10.2. The Morgan fingerprint density at radius 3 is 2.57 bits per heavy atom. The number of nitrogens with one attached hydrogen (secondary N) is 1. The van der Waals surface area contributed by atoms with E-state index in [-0.39, 0.29) is 30.6 Å². The Bertz CT molecular complexity index is 724. The van der Waals surface area contributed by atoms with Crippen LogP contribution in [0.25, 0.3) is 6.08 Å². The van der Waals surface area contributed by atoms with E-state index in [2.05, 4.69) is 10.1 Å². The minimum atomic E-state index is -2.99. The topological polar surface area (TPSA) is 94.2 Å². The monoisotopic (exact) mass is 400 g/mol. The maximum absolute atomic E-state index is 12.4. The van der Waals surface area contributed by atoms with Gasteiger partial charge in [-0.2, -0.15) is 8.78 Å². The standard InChI is InChI=1S/C18H22F2N2O6/c1-4-26-14-9-12(5-7-13(14)28-18(19)20)6-8-17(25)27-11-16(24)22(3)10-15(23)21-2/h5-9,18H,4,10-11H2,1-3H3,(H,21,23)/b8-6+. The zero-order chi connectivity index (χ0) is 21.1. The van der Waals surface area contributed by atoms with Crippen molar-refractivity contribution in [2.24, 2.45) is 0 Å². The molecule has 0 heterocycles. The second-order valence-electron chi connectivity index (χ2n) is 5.38. The maximum Gasteiger partial charge on any atom is 0.387 e. The van der Waals surface area contributed by atoms with Crippen molar-refractivity contribution >= 4 is 23.9 Å². The van der Waals surface area contributed by atoms with Crippen LogP contribution in [0.3, 0.4) is 0 Å². The summed E-state index contributed by atoms with van der Waals surface area (Å²) in [6.45, 7) is -1.75. The Morgan fingerprint density at radius 1 is 1.25 bits per heavy atom. The van der Waals surface area contributed by atoms with E-state index in [0.29, 0.717) is 5.56 Å². The van der Waals surface area contributed by atoms with Crippen molar-refractivity contribution in [3.05, 3.63) is 29.8 Å². The summed E-state index contributed by atoms with van der Waals surface area (Å²) in [5.41, 5.74) is 0.477. The van der Waals surface area contributed by atoms with Gasteiger partial charge in [-0.25, -0.2) is 4.79 Å². The number of nitrogens with zero attached hydrogens (tertiary/aromatic N) is 1. The van der Waals surface area contributed by atoms with Crippen LogP contribution in [0.4, 0.5) is 8.78 Å². The zero-order valence-electron chi connectivity index (χ0n) is 15.7. The van der Waals surface area contributed by atoms with E-state index in [1.54, 1.807) is 6.92 Å². The molecule has 28 heavy (non-hydrogen) atoms. The summed E-state index contributed by atoms with van der Waals surface area (Å²) in [6, 6.07) is 4.17. The molecule has 1 aromatic rings. The van der Waals surface area contributed by atoms with Crippen molar-refractivity contribution in [3.63, 3.8) is 0 Å². The number of esters is 1. The van der Waals surface area contributed by atoms with Crippen molar-refractivity contribution in [3.8, 4) is 11.5 Å². The summed E-state index contributed by atoms with van der Waals surface area (Å²) in [4.78, 5) is 35.8. The van der Waals surface area contributed by atoms with Gasteiger partial charge in [-0.15, -0.1) is 0 Å². The van der Waals surface area contributed by atoms with E-state index < -0.39 is 25.1 Å². The number of carbonyl (C=O) groups excluding carboxylic acids is 3. The molecular formula is C18H22F2N2O6. The van der Waals surface area contributed by atoms with E-state index in [1.807, 2.05) is 0 Å². The number of carbonyl (C=O) groups is 3. The van der Waals surface area contributed by atoms with E-state index in [4.69, 9.17) is 9.47 Å². The van der Waals surface area contributed by atoms with Crippen LogP contribution in [-0.4, -0.2) is 63.1 Å². The molecule has 0 saturated carbocycles. The van der Waals surface area contributed by atoms with Crippen LogP contribution >= 0.6 is 0 Å². The molecule has 1 aromatic carbocycles. The molecule has 0 fully saturated rings. The highest BCUT2D eigenvalue weighted by molar-refractivity contribution is 5.90. The van der Waals surface area contributed by atoms with E-state index in [1.165, 1.54) is 38.4 Å². The third-order valence-electron chi connectivity index (χ3n) is 3.32. The second-order valence-corrected chi connectivity index (χ2v) is 5.38. The van der Waals surface area contributed by atoms with Crippen LogP contribution in [0.5, 0.6) is 11.5 Å². The molecule has 0 spiro atoms. The number of ether oxygens (including phenoxy) is 3. The Labute approximate surface area is 161 Å². The van der Waals surface area contributed by atoms with Crippen LogP contribution in [0.1, 0.15) is 12.5 Å². The van der Waals surface area contributed by atoms with Gasteiger partial charge in [0.15, 0.2) is 18.1 Å². The first-order valence-electron chi connectivity index (χ1n) is 8.27. The smallest absolute Gasteiger partial charge is 0.387 e. The molecule has 0 bridgehead atoms. The van der Waals surface area contributed by atoms with Gasteiger partial charge in [0.1, 0.15) is 0 Å². The number of halogens is 2. The highest BCUT2D eigenvalue weighted by Gasteiger charge is 2.14. The van der Waals surface area contributed by atoms with Crippen molar-refractivity contribution < 1.29 is 37.4 Å². The number of hydrogen-bond donors (Lipinski definition) is 1. The van der Waals surface area contributed by atoms with Gasteiger partial charge in [0.25, 0.3) is 5.91 Å². The molecule has 0 aliphatic heterocycles.